The van der Waals surface area contributed by atoms with E-state index in [1.54, 1.807) is 7.11 Å². The third kappa shape index (κ3) is 3.23. The lowest BCUT2D eigenvalue weighted by atomic mass is 9.85. The van der Waals surface area contributed by atoms with Crippen LogP contribution in [0.2, 0.25) is 0 Å². The van der Waals surface area contributed by atoms with Gasteiger partial charge in [0, 0.05) is 26.3 Å². The highest BCUT2D eigenvalue weighted by Crippen LogP contribution is 2.27. The topological polar surface area (TPSA) is 33.7 Å². The molecule has 0 amide bonds. The molecule has 0 aromatic rings. The van der Waals surface area contributed by atoms with Crippen molar-refractivity contribution in [1.29, 1.82) is 0 Å². The number of rotatable bonds is 7. The van der Waals surface area contributed by atoms with Gasteiger partial charge in [-0.15, -0.1) is 0 Å². The van der Waals surface area contributed by atoms with Gasteiger partial charge >= 0.3 is 0 Å². The number of nitrogens with zero attached hydrogens (tertiary/aromatic N) is 1. The number of nitrogens with one attached hydrogen (secondary N) is 1. The van der Waals surface area contributed by atoms with Gasteiger partial charge in [-0.25, -0.2) is 0 Å². The Morgan fingerprint density at radius 2 is 2.17 bits per heavy atom. The second-order valence-electron chi connectivity index (χ2n) is 5.49. The number of likely N-dealkylation sites (tertiary alicyclic amines) is 1. The molecule has 1 N–H and O–H groups in total. The average Bonchev–Trinajstić information content (AvgIpc) is 2.81. The highest BCUT2D eigenvalue weighted by molar-refractivity contribution is 4.97. The van der Waals surface area contributed by atoms with Gasteiger partial charge in [-0.05, 0) is 45.3 Å². The molecule has 1 saturated heterocycles. The molecule has 0 aromatic heterocycles. The zero-order valence-corrected chi connectivity index (χ0v) is 12.0. The summed E-state index contributed by atoms with van der Waals surface area (Å²) in [5.74, 6) is 0.814. The summed E-state index contributed by atoms with van der Waals surface area (Å²) in [4.78, 5) is 2.53. The first-order chi connectivity index (χ1) is 8.78. The molecule has 106 valence electrons. The normalized spacial score (nSPS) is 36.8. The fourth-order valence-electron chi connectivity index (χ4n) is 3.16. The van der Waals surface area contributed by atoms with E-state index < -0.39 is 0 Å². The van der Waals surface area contributed by atoms with Gasteiger partial charge in [-0.1, -0.05) is 6.92 Å². The summed E-state index contributed by atoms with van der Waals surface area (Å²) in [5, 5.41) is 3.66. The predicted octanol–water partition coefficient (Wildman–Crippen LogP) is 1.11. The van der Waals surface area contributed by atoms with E-state index in [4.69, 9.17) is 9.47 Å². The Hall–Kier alpha value is -0.160. The van der Waals surface area contributed by atoms with E-state index in [9.17, 15) is 0 Å². The number of hydrogen-bond donors (Lipinski definition) is 1. The molecular weight excluding hydrogens is 228 g/mol. The van der Waals surface area contributed by atoms with Gasteiger partial charge in [0.2, 0.25) is 0 Å². The minimum atomic E-state index is 0.244. The Morgan fingerprint density at radius 1 is 1.33 bits per heavy atom. The summed E-state index contributed by atoms with van der Waals surface area (Å²) in [5.41, 5.74) is 0. The molecule has 0 spiro atoms. The summed E-state index contributed by atoms with van der Waals surface area (Å²) in [6.45, 7) is 9.91. The van der Waals surface area contributed by atoms with E-state index in [-0.39, 0.29) is 6.10 Å². The summed E-state index contributed by atoms with van der Waals surface area (Å²) < 4.78 is 11.2. The van der Waals surface area contributed by atoms with E-state index >= 15 is 0 Å². The SMILES string of the molecule is CCOC1CC(NCC2CCN(CC)C2)C1OC. The standard InChI is InChI=1S/C14H28N2O2/c1-4-16-7-6-11(10-16)9-15-12-8-13(18-5-2)14(12)17-3/h11-15H,4-10H2,1-3H3. The Morgan fingerprint density at radius 3 is 2.78 bits per heavy atom. The van der Waals surface area contributed by atoms with Crippen molar-refractivity contribution < 1.29 is 9.47 Å². The quantitative estimate of drug-likeness (QED) is 0.740. The van der Waals surface area contributed by atoms with Crippen LogP contribution in [-0.2, 0) is 9.47 Å². The number of ether oxygens (including phenoxy) is 2. The van der Waals surface area contributed by atoms with Crippen molar-refractivity contribution in [3.05, 3.63) is 0 Å². The summed E-state index contributed by atoms with van der Waals surface area (Å²) in [6.07, 6.45) is 2.97. The van der Waals surface area contributed by atoms with Crippen molar-refractivity contribution in [3.63, 3.8) is 0 Å². The third-order valence-corrected chi connectivity index (χ3v) is 4.39. The lowest BCUT2D eigenvalue weighted by molar-refractivity contribution is -0.131. The summed E-state index contributed by atoms with van der Waals surface area (Å²) in [7, 11) is 1.79. The van der Waals surface area contributed by atoms with Crippen LogP contribution in [-0.4, -0.2) is 63.0 Å². The molecular formula is C14H28N2O2. The molecule has 4 nitrogen and oxygen atoms in total. The van der Waals surface area contributed by atoms with Crippen molar-refractivity contribution in [1.82, 2.24) is 10.2 Å². The third-order valence-electron chi connectivity index (χ3n) is 4.39. The van der Waals surface area contributed by atoms with Gasteiger partial charge in [0.1, 0.15) is 0 Å². The van der Waals surface area contributed by atoms with E-state index in [1.165, 1.54) is 26.1 Å². The Balaban J connectivity index is 1.65. The zero-order valence-electron chi connectivity index (χ0n) is 12.0. The maximum Gasteiger partial charge on any atom is 0.0986 e. The molecule has 0 bridgehead atoms. The molecule has 2 fully saturated rings. The largest absolute Gasteiger partial charge is 0.377 e. The van der Waals surface area contributed by atoms with Crippen molar-refractivity contribution in [2.45, 2.75) is 44.9 Å². The molecule has 4 heteroatoms. The Kier molecular flexibility index (Phi) is 5.42. The molecule has 4 atom stereocenters. The van der Waals surface area contributed by atoms with Crippen LogP contribution >= 0.6 is 0 Å². The van der Waals surface area contributed by atoms with E-state index in [0.717, 1.165) is 25.5 Å². The lowest BCUT2D eigenvalue weighted by Crippen LogP contribution is -2.60. The van der Waals surface area contributed by atoms with Crippen LogP contribution in [0, 0.1) is 5.92 Å². The fraction of sp³-hybridized carbons (Fsp3) is 1.00. The fourth-order valence-corrected chi connectivity index (χ4v) is 3.16. The van der Waals surface area contributed by atoms with Crippen molar-refractivity contribution >= 4 is 0 Å². The molecule has 18 heavy (non-hydrogen) atoms. The second-order valence-corrected chi connectivity index (χ2v) is 5.49. The van der Waals surface area contributed by atoms with Crippen LogP contribution < -0.4 is 5.32 Å². The maximum absolute atomic E-state index is 5.64. The van der Waals surface area contributed by atoms with Crippen molar-refractivity contribution in [2.75, 3.05) is 39.9 Å². The van der Waals surface area contributed by atoms with Crippen LogP contribution in [0.3, 0.4) is 0 Å². The molecule has 4 unspecified atom stereocenters. The van der Waals surface area contributed by atoms with Gasteiger partial charge in [-0.2, -0.15) is 0 Å². The number of hydrogen-bond acceptors (Lipinski definition) is 4. The molecule has 1 aliphatic carbocycles. The predicted molar refractivity (Wildman–Crippen MR) is 72.8 cm³/mol. The van der Waals surface area contributed by atoms with Crippen LogP contribution in [0.15, 0.2) is 0 Å². The maximum atomic E-state index is 5.64. The Labute approximate surface area is 111 Å². The zero-order chi connectivity index (χ0) is 13.0. The first kappa shape index (κ1) is 14.3. The van der Waals surface area contributed by atoms with Gasteiger partial charge in [0.05, 0.1) is 12.2 Å². The van der Waals surface area contributed by atoms with Crippen molar-refractivity contribution in [3.8, 4) is 0 Å². The van der Waals surface area contributed by atoms with Gasteiger partial charge < -0.3 is 19.7 Å². The molecule has 2 rings (SSSR count). The van der Waals surface area contributed by atoms with Crippen LogP contribution in [0.5, 0.6) is 0 Å². The van der Waals surface area contributed by atoms with E-state index in [0.29, 0.717) is 12.1 Å². The molecule has 1 aliphatic heterocycles. The van der Waals surface area contributed by atoms with Crippen molar-refractivity contribution in [2.24, 2.45) is 5.92 Å². The molecule has 1 saturated carbocycles. The monoisotopic (exact) mass is 256 g/mol. The second kappa shape index (κ2) is 6.85. The van der Waals surface area contributed by atoms with E-state index in [2.05, 4.69) is 17.1 Å². The van der Waals surface area contributed by atoms with Crippen LogP contribution in [0.1, 0.15) is 26.7 Å². The van der Waals surface area contributed by atoms with E-state index in [1.807, 2.05) is 6.92 Å². The molecule has 2 aliphatic rings. The summed E-state index contributed by atoms with van der Waals surface area (Å²) in [6, 6.07) is 0.488. The highest BCUT2D eigenvalue weighted by Gasteiger charge is 2.42. The molecule has 0 radical (unpaired) electrons. The minimum Gasteiger partial charge on any atom is -0.377 e. The smallest absolute Gasteiger partial charge is 0.0986 e. The first-order valence-corrected chi connectivity index (χ1v) is 7.38. The van der Waals surface area contributed by atoms with Gasteiger partial charge in [0.15, 0.2) is 0 Å². The number of methoxy groups -OCH3 is 1. The average molecular weight is 256 g/mol. The lowest BCUT2D eigenvalue weighted by Gasteiger charge is -2.43. The van der Waals surface area contributed by atoms with Gasteiger partial charge in [-0.3, -0.25) is 0 Å². The minimum absolute atomic E-state index is 0.244. The summed E-state index contributed by atoms with van der Waals surface area (Å²) >= 11 is 0. The van der Waals surface area contributed by atoms with Crippen LogP contribution in [0.4, 0.5) is 0 Å². The first-order valence-electron chi connectivity index (χ1n) is 7.38. The van der Waals surface area contributed by atoms with Crippen LogP contribution in [0.25, 0.3) is 0 Å². The molecule has 0 aromatic carbocycles. The van der Waals surface area contributed by atoms with Gasteiger partial charge in [0.25, 0.3) is 0 Å². The Bertz CT molecular complexity index is 250. The molecule has 1 heterocycles. The highest BCUT2D eigenvalue weighted by atomic mass is 16.5.